The van der Waals surface area contributed by atoms with Crippen LogP contribution in [0, 0.1) is 0 Å². The molecule has 0 aliphatic rings. The van der Waals surface area contributed by atoms with Gasteiger partial charge in [0.1, 0.15) is 0 Å². The number of para-hydroxylation sites is 2. The van der Waals surface area contributed by atoms with Crippen LogP contribution in [0.3, 0.4) is 0 Å². The third-order valence-electron chi connectivity index (χ3n) is 4.95. The summed E-state index contributed by atoms with van der Waals surface area (Å²) < 4.78 is 1.64. The van der Waals surface area contributed by atoms with E-state index in [0.29, 0.717) is 23.6 Å². The number of benzene rings is 3. The first-order valence-corrected chi connectivity index (χ1v) is 9.94. The molecule has 0 atom stereocenters. The molecular formula is C23H19N7O. The third kappa shape index (κ3) is 3.91. The topological polar surface area (TPSA) is 97.1 Å². The van der Waals surface area contributed by atoms with Gasteiger partial charge in [-0.1, -0.05) is 48.5 Å². The zero-order valence-electron chi connectivity index (χ0n) is 16.6. The maximum absolute atomic E-state index is 12.6. The van der Waals surface area contributed by atoms with E-state index >= 15 is 0 Å². The highest BCUT2D eigenvalue weighted by Crippen LogP contribution is 2.23. The van der Waals surface area contributed by atoms with Crippen LogP contribution in [0.1, 0.15) is 15.9 Å². The van der Waals surface area contributed by atoms with Gasteiger partial charge in [-0.25, -0.2) is 4.98 Å². The normalized spacial score (nSPS) is 11.0. The van der Waals surface area contributed by atoms with E-state index in [9.17, 15) is 4.79 Å². The number of amides is 1. The van der Waals surface area contributed by atoms with Crippen molar-refractivity contribution in [1.29, 1.82) is 0 Å². The lowest BCUT2D eigenvalue weighted by molar-refractivity contribution is 0.0954. The summed E-state index contributed by atoms with van der Waals surface area (Å²) >= 11 is 0. The zero-order valence-corrected chi connectivity index (χ0v) is 16.6. The molecule has 3 aromatic carbocycles. The number of nitrogens with one attached hydrogen (secondary N) is 2. The molecule has 0 fully saturated rings. The van der Waals surface area contributed by atoms with Crippen molar-refractivity contribution in [2.24, 2.45) is 0 Å². The molecule has 5 rings (SSSR count). The van der Waals surface area contributed by atoms with Gasteiger partial charge >= 0.3 is 0 Å². The predicted octanol–water partition coefficient (Wildman–Crippen LogP) is 3.39. The van der Waals surface area contributed by atoms with E-state index in [-0.39, 0.29) is 5.91 Å². The molecule has 152 valence electrons. The third-order valence-corrected chi connectivity index (χ3v) is 4.95. The molecule has 31 heavy (non-hydrogen) atoms. The average molecular weight is 409 g/mol. The number of carbonyl (C=O) groups excluding carboxylic acids is 1. The number of carbonyl (C=O) groups is 1. The lowest BCUT2D eigenvalue weighted by Crippen LogP contribution is -2.25. The van der Waals surface area contributed by atoms with Gasteiger partial charge in [0.05, 0.1) is 11.0 Å². The molecule has 2 N–H and O–H groups in total. The molecule has 2 heterocycles. The van der Waals surface area contributed by atoms with Crippen LogP contribution >= 0.6 is 0 Å². The second kappa shape index (κ2) is 8.19. The van der Waals surface area contributed by atoms with E-state index in [1.807, 2.05) is 66.7 Å². The molecule has 0 bridgehead atoms. The summed E-state index contributed by atoms with van der Waals surface area (Å²) in [6, 6.07) is 25.0. The Bertz CT molecular complexity index is 1360. The van der Waals surface area contributed by atoms with Gasteiger partial charge in [-0.15, -0.1) is 5.10 Å². The summed E-state index contributed by atoms with van der Waals surface area (Å²) in [6.45, 7) is 0.568. The summed E-state index contributed by atoms with van der Waals surface area (Å²) in [5.41, 5.74) is 4.57. The maximum Gasteiger partial charge on any atom is 0.251 e. The van der Waals surface area contributed by atoms with Gasteiger partial charge < -0.3 is 10.6 Å². The van der Waals surface area contributed by atoms with Crippen molar-refractivity contribution in [3.63, 3.8) is 0 Å². The molecule has 1 amide bonds. The van der Waals surface area contributed by atoms with Crippen LogP contribution in [-0.2, 0) is 6.42 Å². The fourth-order valence-corrected chi connectivity index (χ4v) is 3.43. The highest BCUT2D eigenvalue weighted by molar-refractivity contribution is 5.95. The molecule has 8 heteroatoms. The van der Waals surface area contributed by atoms with E-state index in [0.717, 1.165) is 23.1 Å². The van der Waals surface area contributed by atoms with Crippen molar-refractivity contribution in [2.45, 2.75) is 6.42 Å². The first-order valence-electron chi connectivity index (χ1n) is 9.94. The van der Waals surface area contributed by atoms with Gasteiger partial charge in [-0.05, 0) is 52.7 Å². The number of hydrogen-bond acceptors (Lipinski definition) is 6. The van der Waals surface area contributed by atoms with Gasteiger partial charge in [-0.2, -0.15) is 4.52 Å². The van der Waals surface area contributed by atoms with E-state index in [4.69, 9.17) is 0 Å². The van der Waals surface area contributed by atoms with Crippen molar-refractivity contribution in [3.8, 4) is 0 Å². The number of anilines is 2. The molecular weight excluding hydrogens is 390 g/mol. The molecule has 0 spiro atoms. The number of aromatic nitrogens is 5. The highest BCUT2D eigenvalue weighted by atomic mass is 16.1. The van der Waals surface area contributed by atoms with E-state index in [1.54, 1.807) is 16.6 Å². The van der Waals surface area contributed by atoms with Gasteiger partial charge in [0.25, 0.3) is 5.91 Å². The van der Waals surface area contributed by atoms with Gasteiger partial charge in [0.15, 0.2) is 5.82 Å². The van der Waals surface area contributed by atoms with Crippen LogP contribution in [0.15, 0.2) is 78.9 Å². The van der Waals surface area contributed by atoms with Gasteiger partial charge in [0, 0.05) is 17.8 Å². The van der Waals surface area contributed by atoms with Crippen molar-refractivity contribution in [2.75, 3.05) is 11.9 Å². The molecule has 0 aliphatic carbocycles. The van der Waals surface area contributed by atoms with Crippen molar-refractivity contribution in [1.82, 2.24) is 30.3 Å². The first kappa shape index (κ1) is 18.7. The molecule has 0 saturated heterocycles. The smallest absolute Gasteiger partial charge is 0.251 e. The Balaban J connectivity index is 1.34. The minimum absolute atomic E-state index is 0.125. The number of hydrogen-bond donors (Lipinski definition) is 2. The number of nitrogens with zero attached hydrogens (tertiary/aromatic N) is 5. The average Bonchev–Trinajstić information content (AvgIpc) is 3.31. The Hall–Kier alpha value is -4.33. The molecule has 8 nitrogen and oxygen atoms in total. The van der Waals surface area contributed by atoms with Crippen LogP contribution in [0.5, 0.6) is 0 Å². The number of rotatable bonds is 6. The van der Waals surface area contributed by atoms with Gasteiger partial charge in [-0.3, -0.25) is 4.79 Å². The maximum atomic E-state index is 12.6. The zero-order chi connectivity index (χ0) is 21.0. The molecule has 0 radical (unpaired) electrons. The quantitative estimate of drug-likeness (QED) is 0.446. The summed E-state index contributed by atoms with van der Waals surface area (Å²) in [6.07, 6.45) is 0.781. The molecule has 0 aliphatic heterocycles. The summed E-state index contributed by atoms with van der Waals surface area (Å²) in [7, 11) is 0. The van der Waals surface area contributed by atoms with Crippen LogP contribution in [0.4, 0.5) is 11.5 Å². The monoisotopic (exact) mass is 409 g/mol. The minimum Gasteiger partial charge on any atom is -0.352 e. The van der Waals surface area contributed by atoms with Crippen LogP contribution < -0.4 is 10.6 Å². The van der Waals surface area contributed by atoms with Gasteiger partial charge in [0.2, 0.25) is 5.65 Å². The highest BCUT2D eigenvalue weighted by Gasteiger charge is 2.12. The van der Waals surface area contributed by atoms with Crippen LogP contribution in [0.25, 0.3) is 16.7 Å². The van der Waals surface area contributed by atoms with E-state index in [1.165, 1.54) is 5.56 Å². The Morgan fingerprint density at radius 3 is 2.68 bits per heavy atom. The molecule has 0 saturated carbocycles. The molecule has 0 unspecified atom stereocenters. The summed E-state index contributed by atoms with van der Waals surface area (Å²) in [5, 5.41) is 18.1. The van der Waals surface area contributed by atoms with Crippen molar-refractivity contribution >= 4 is 34.1 Å². The number of fused-ring (bicyclic) bond motifs is 3. The SMILES string of the molecule is O=C(NCCc1ccccc1)c1cccc(Nc2nc3ccccc3n3nnnc23)c1. The fourth-order valence-electron chi connectivity index (χ4n) is 3.43. The summed E-state index contributed by atoms with van der Waals surface area (Å²) in [4.78, 5) is 17.2. The first-order chi connectivity index (χ1) is 15.3. The Kier molecular flexibility index (Phi) is 4.94. The van der Waals surface area contributed by atoms with E-state index < -0.39 is 0 Å². The number of tetrazole rings is 1. The lowest BCUT2D eigenvalue weighted by Gasteiger charge is -2.10. The van der Waals surface area contributed by atoms with Crippen molar-refractivity contribution < 1.29 is 4.79 Å². The van der Waals surface area contributed by atoms with Crippen LogP contribution in [-0.4, -0.2) is 37.5 Å². The lowest BCUT2D eigenvalue weighted by atomic mass is 10.1. The predicted molar refractivity (Wildman–Crippen MR) is 118 cm³/mol. The Morgan fingerprint density at radius 2 is 1.77 bits per heavy atom. The largest absolute Gasteiger partial charge is 0.352 e. The molecule has 2 aromatic heterocycles. The van der Waals surface area contributed by atoms with E-state index in [2.05, 4.69) is 31.1 Å². The fraction of sp³-hybridized carbons (Fsp3) is 0.0870. The van der Waals surface area contributed by atoms with Crippen LogP contribution in [0.2, 0.25) is 0 Å². The minimum atomic E-state index is -0.125. The standard InChI is InChI=1S/C23H19N7O/c31-23(24-14-13-16-7-2-1-3-8-16)17-9-6-10-18(15-17)25-21-22-27-28-29-30(22)20-12-5-4-11-19(20)26-21/h1-12,15H,13-14H2,(H,24,31)(H,25,26). The second-order valence-corrected chi connectivity index (χ2v) is 7.06. The Morgan fingerprint density at radius 1 is 0.935 bits per heavy atom. The summed E-state index contributed by atoms with van der Waals surface area (Å²) in [5.74, 6) is 0.394. The van der Waals surface area contributed by atoms with Crippen molar-refractivity contribution in [3.05, 3.63) is 90.0 Å². The second-order valence-electron chi connectivity index (χ2n) is 7.06. The molecule has 5 aromatic rings. The Labute approximate surface area is 177 Å².